The van der Waals surface area contributed by atoms with Crippen LogP contribution in [0.15, 0.2) is 27.8 Å². The molecule has 0 saturated heterocycles. The summed E-state index contributed by atoms with van der Waals surface area (Å²) in [4.78, 5) is 4.17. The van der Waals surface area contributed by atoms with E-state index in [1.165, 1.54) is 0 Å². The molecular weight excluding hydrogens is 250 g/mol. The molecule has 1 heterocycles. The van der Waals surface area contributed by atoms with Crippen molar-refractivity contribution >= 4 is 27.6 Å². The minimum absolute atomic E-state index is 0.229. The van der Waals surface area contributed by atoms with Crippen LogP contribution in [0.5, 0.6) is 0 Å². The van der Waals surface area contributed by atoms with Crippen LogP contribution in [-0.2, 0) is 10.8 Å². The molecule has 0 fully saturated rings. The van der Waals surface area contributed by atoms with E-state index < -0.39 is 10.8 Å². The number of aromatic nitrogens is 1. The Bertz CT molecular complexity index is 615. The van der Waals surface area contributed by atoms with E-state index in [4.69, 9.17) is 15.4 Å². The predicted molar refractivity (Wildman–Crippen MR) is 69.2 cm³/mol. The average molecular weight is 263 g/mol. The highest BCUT2D eigenvalue weighted by molar-refractivity contribution is 7.84. The smallest absolute Gasteiger partial charge is 0.287 e. The molecule has 0 radical (unpaired) electrons. The van der Waals surface area contributed by atoms with Crippen molar-refractivity contribution in [2.45, 2.75) is 24.5 Å². The Kier molecular flexibility index (Phi) is 3.95. The fourth-order valence-electron chi connectivity index (χ4n) is 1.54. The quantitative estimate of drug-likeness (QED) is 0.659. The molecule has 1 unspecified atom stereocenters. The SMILES string of the molecule is N#CCCCCS(=O)c1nc2ccc(N)cc2o1. The molecule has 1 aromatic carbocycles. The molecule has 0 amide bonds. The third-order valence-corrected chi connectivity index (χ3v) is 3.68. The zero-order valence-electron chi connectivity index (χ0n) is 9.76. The molecule has 1 aromatic heterocycles. The normalized spacial score (nSPS) is 12.4. The highest BCUT2D eigenvalue weighted by Crippen LogP contribution is 2.20. The molecule has 0 aliphatic rings. The van der Waals surface area contributed by atoms with Crippen molar-refractivity contribution < 1.29 is 8.63 Å². The van der Waals surface area contributed by atoms with Gasteiger partial charge < -0.3 is 10.2 Å². The number of hydrogen-bond acceptors (Lipinski definition) is 5. The number of anilines is 1. The van der Waals surface area contributed by atoms with Gasteiger partial charge >= 0.3 is 0 Å². The first-order chi connectivity index (χ1) is 8.70. The van der Waals surface area contributed by atoms with E-state index in [9.17, 15) is 4.21 Å². The number of unbranched alkanes of at least 4 members (excludes halogenated alkanes) is 2. The Morgan fingerprint density at radius 3 is 3.06 bits per heavy atom. The first-order valence-corrected chi connectivity index (χ1v) is 6.94. The molecule has 2 aromatic rings. The topological polar surface area (TPSA) is 92.9 Å². The van der Waals surface area contributed by atoms with Gasteiger partial charge in [-0.25, -0.2) is 9.19 Å². The Hall–Kier alpha value is -1.87. The van der Waals surface area contributed by atoms with Crippen LogP contribution in [0.25, 0.3) is 11.1 Å². The Balaban J connectivity index is 2.07. The second-order valence-electron chi connectivity index (χ2n) is 3.87. The lowest BCUT2D eigenvalue weighted by atomic mass is 10.3. The van der Waals surface area contributed by atoms with Crippen LogP contribution in [0.4, 0.5) is 5.69 Å². The van der Waals surface area contributed by atoms with Crippen molar-refractivity contribution in [1.82, 2.24) is 4.98 Å². The number of oxazole rings is 1. The molecule has 2 rings (SSSR count). The third kappa shape index (κ3) is 2.87. The molecule has 0 aliphatic carbocycles. The number of rotatable bonds is 5. The van der Waals surface area contributed by atoms with Gasteiger partial charge in [0.1, 0.15) is 16.3 Å². The molecule has 6 heteroatoms. The molecule has 5 nitrogen and oxygen atoms in total. The van der Waals surface area contributed by atoms with Gasteiger partial charge in [0.05, 0.1) is 6.07 Å². The van der Waals surface area contributed by atoms with Crippen molar-refractivity contribution in [3.63, 3.8) is 0 Å². The average Bonchev–Trinajstić information content (AvgIpc) is 2.77. The summed E-state index contributed by atoms with van der Waals surface area (Å²) in [7, 11) is -1.25. The minimum Gasteiger partial charge on any atom is -0.430 e. The summed E-state index contributed by atoms with van der Waals surface area (Å²) in [5.74, 6) is 0.462. The van der Waals surface area contributed by atoms with E-state index in [0.29, 0.717) is 29.0 Å². The van der Waals surface area contributed by atoms with Gasteiger partial charge in [0, 0.05) is 23.9 Å². The number of benzene rings is 1. The number of nitriles is 1. The number of nitrogens with zero attached hydrogens (tertiary/aromatic N) is 2. The lowest BCUT2D eigenvalue weighted by Gasteiger charge is -1.94. The summed E-state index contributed by atoms with van der Waals surface area (Å²) in [6.07, 6.45) is 1.96. The Labute approximate surface area is 107 Å². The highest BCUT2D eigenvalue weighted by Gasteiger charge is 2.12. The second kappa shape index (κ2) is 5.65. The first kappa shape index (κ1) is 12.6. The van der Waals surface area contributed by atoms with E-state index in [1.807, 2.05) is 0 Å². The lowest BCUT2D eigenvalue weighted by Crippen LogP contribution is -1.98. The van der Waals surface area contributed by atoms with E-state index in [0.717, 1.165) is 12.8 Å². The summed E-state index contributed by atoms with van der Waals surface area (Å²) in [5.41, 5.74) is 7.42. The van der Waals surface area contributed by atoms with Gasteiger partial charge in [0.15, 0.2) is 5.58 Å². The van der Waals surface area contributed by atoms with Crippen LogP contribution in [0.3, 0.4) is 0 Å². The molecule has 0 bridgehead atoms. The molecule has 94 valence electrons. The van der Waals surface area contributed by atoms with Gasteiger partial charge in [0.2, 0.25) is 0 Å². The van der Waals surface area contributed by atoms with Gasteiger partial charge in [-0.05, 0) is 25.0 Å². The zero-order valence-corrected chi connectivity index (χ0v) is 10.6. The monoisotopic (exact) mass is 263 g/mol. The fourth-order valence-corrected chi connectivity index (χ4v) is 2.57. The van der Waals surface area contributed by atoms with Crippen LogP contribution >= 0.6 is 0 Å². The maximum absolute atomic E-state index is 11.9. The number of hydrogen-bond donors (Lipinski definition) is 1. The van der Waals surface area contributed by atoms with E-state index in [2.05, 4.69) is 11.1 Å². The fraction of sp³-hybridized carbons (Fsp3) is 0.333. The van der Waals surface area contributed by atoms with Gasteiger partial charge in [-0.3, -0.25) is 0 Å². The number of nitrogens with two attached hydrogens (primary N) is 1. The maximum Gasteiger partial charge on any atom is 0.287 e. The predicted octanol–water partition coefficient (Wildman–Crippen LogP) is 2.21. The van der Waals surface area contributed by atoms with Gasteiger partial charge in [-0.15, -0.1) is 0 Å². The van der Waals surface area contributed by atoms with Crippen LogP contribution in [0.1, 0.15) is 19.3 Å². The standard InChI is InChI=1S/C12H13N3O2S/c13-6-2-1-3-7-18(16)12-15-10-5-4-9(14)8-11(10)17-12/h4-5,8H,1-3,7,14H2. The molecule has 18 heavy (non-hydrogen) atoms. The second-order valence-corrected chi connectivity index (χ2v) is 5.32. The Morgan fingerprint density at radius 1 is 1.44 bits per heavy atom. The van der Waals surface area contributed by atoms with E-state index in [-0.39, 0.29) is 5.22 Å². The molecule has 1 atom stereocenters. The highest BCUT2D eigenvalue weighted by atomic mass is 32.2. The summed E-state index contributed by atoms with van der Waals surface area (Å²) in [6, 6.07) is 7.19. The van der Waals surface area contributed by atoms with E-state index >= 15 is 0 Å². The molecule has 2 N–H and O–H groups in total. The zero-order chi connectivity index (χ0) is 13.0. The molecular formula is C12H13N3O2S. The van der Waals surface area contributed by atoms with Crippen molar-refractivity contribution in [3.05, 3.63) is 18.2 Å². The lowest BCUT2D eigenvalue weighted by molar-refractivity contribution is 0.477. The van der Waals surface area contributed by atoms with Crippen molar-refractivity contribution in [2.75, 3.05) is 11.5 Å². The molecule has 0 spiro atoms. The van der Waals surface area contributed by atoms with Crippen LogP contribution < -0.4 is 5.73 Å². The Morgan fingerprint density at radius 2 is 2.28 bits per heavy atom. The summed E-state index contributed by atoms with van der Waals surface area (Å²) < 4.78 is 17.3. The summed E-state index contributed by atoms with van der Waals surface area (Å²) in [5, 5.41) is 8.63. The number of fused-ring (bicyclic) bond motifs is 1. The van der Waals surface area contributed by atoms with Gasteiger partial charge in [0.25, 0.3) is 5.22 Å². The van der Waals surface area contributed by atoms with Gasteiger partial charge in [-0.1, -0.05) is 0 Å². The first-order valence-electron chi connectivity index (χ1n) is 5.62. The van der Waals surface area contributed by atoms with Crippen LogP contribution in [0.2, 0.25) is 0 Å². The largest absolute Gasteiger partial charge is 0.430 e. The summed E-state index contributed by atoms with van der Waals surface area (Å²) in [6.45, 7) is 0. The van der Waals surface area contributed by atoms with E-state index in [1.54, 1.807) is 18.2 Å². The summed E-state index contributed by atoms with van der Waals surface area (Å²) >= 11 is 0. The van der Waals surface area contributed by atoms with Crippen molar-refractivity contribution in [1.29, 1.82) is 5.26 Å². The van der Waals surface area contributed by atoms with Crippen molar-refractivity contribution in [2.24, 2.45) is 0 Å². The van der Waals surface area contributed by atoms with Gasteiger partial charge in [-0.2, -0.15) is 5.26 Å². The maximum atomic E-state index is 11.9. The van der Waals surface area contributed by atoms with Crippen LogP contribution in [0, 0.1) is 11.3 Å². The molecule has 0 aliphatic heterocycles. The van der Waals surface area contributed by atoms with Crippen LogP contribution in [-0.4, -0.2) is 14.9 Å². The molecule has 0 saturated carbocycles. The third-order valence-electron chi connectivity index (χ3n) is 2.46. The minimum atomic E-state index is -1.25. The number of nitrogen functional groups attached to an aromatic ring is 1. The van der Waals surface area contributed by atoms with Crippen molar-refractivity contribution in [3.8, 4) is 6.07 Å².